The third-order valence-corrected chi connectivity index (χ3v) is 13.1. The molecule has 2 fully saturated rings. The summed E-state index contributed by atoms with van der Waals surface area (Å²) in [7, 11) is 0. The van der Waals surface area contributed by atoms with Gasteiger partial charge in [0, 0.05) is 94.0 Å². The zero-order valence-corrected chi connectivity index (χ0v) is 40.0. The highest BCUT2D eigenvalue weighted by Crippen LogP contribution is 2.32. The Morgan fingerprint density at radius 2 is 1.56 bits per heavy atom. The number of hydrogen-bond acceptors (Lipinski definition) is 14. The Labute approximate surface area is 411 Å². The van der Waals surface area contributed by atoms with Crippen LogP contribution in [-0.4, -0.2) is 114 Å². The predicted octanol–water partition coefficient (Wildman–Crippen LogP) is 7.29. The summed E-state index contributed by atoms with van der Waals surface area (Å²) in [5.41, 5.74) is 5.34. The van der Waals surface area contributed by atoms with Crippen LogP contribution >= 0.6 is 11.3 Å². The van der Waals surface area contributed by atoms with Crippen molar-refractivity contribution in [3.05, 3.63) is 122 Å². The van der Waals surface area contributed by atoms with Crippen molar-refractivity contribution in [2.45, 2.75) is 52.0 Å². The molecular weight excluding hydrogens is 939 g/mol. The summed E-state index contributed by atoms with van der Waals surface area (Å²) in [5, 5.41) is 37.2. The summed E-state index contributed by atoms with van der Waals surface area (Å²) in [6.07, 6.45) is 3.32. The van der Waals surface area contributed by atoms with Crippen LogP contribution in [0.4, 0.5) is 47.5 Å². The molecule has 6 aromatic rings. The molecule has 0 unspecified atom stereocenters. The summed E-state index contributed by atoms with van der Waals surface area (Å²) < 4.78 is 33.4. The van der Waals surface area contributed by atoms with E-state index in [1.165, 1.54) is 26.0 Å². The molecular formula is C49H54F2N12O7S. The highest BCUT2D eigenvalue weighted by molar-refractivity contribution is 7.19. The summed E-state index contributed by atoms with van der Waals surface area (Å²) in [5.74, 6) is -2.33. The first kappa shape index (κ1) is 49.8. The second-order valence-corrected chi connectivity index (χ2v) is 18.4. The van der Waals surface area contributed by atoms with E-state index in [4.69, 9.17) is 4.74 Å². The number of unbranched alkanes of at least 4 members (excludes halogenated alkanes) is 1. The number of nitrogens with one attached hydrogen (secondary N) is 7. The van der Waals surface area contributed by atoms with Crippen LogP contribution in [0, 0.1) is 28.7 Å². The standard InChI is InChI=1S/C49H54F2N12O7S/c1-29-48(63(68)69)71-49(54-29)58-47(67)38-8-6-36(26-42(38)55-30(2)64)52-13-3-4-14-53-44(65)28-61-15-17-62(18-16-61)37-7-9-39(43(27-37)56-35-11-19-70-20-12-35)46(66)57-45-40-24-31(5-10-41(40)59-60-45)21-32-22-33(50)25-34(51)23-32/h5-10,22-27,35,52,56H,3-4,11-21,28H2,1-2H3,(H,53,65)(H,55,64)(H,54,58,67)(H2,57,59,60,66). The molecule has 0 aliphatic carbocycles. The van der Waals surface area contributed by atoms with Gasteiger partial charge in [-0.05, 0) is 122 Å². The Morgan fingerprint density at radius 1 is 0.845 bits per heavy atom. The van der Waals surface area contributed by atoms with Crippen LogP contribution in [0.1, 0.15) is 70.1 Å². The summed E-state index contributed by atoms with van der Waals surface area (Å²) >= 11 is 0.749. The fraction of sp³-hybridized carbons (Fsp3) is 0.347. The van der Waals surface area contributed by atoms with Gasteiger partial charge in [-0.15, -0.1) is 0 Å². The van der Waals surface area contributed by atoms with Crippen molar-refractivity contribution >= 4 is 84.6 Å². The highest BCUT2D eigenvalue weighted by atomic mass is 32.1. The Morgan fingerprint density at radius 3 is 2.30 bits per heavy atom. The Kier molecular flexibility index (Phi) is 16.1. The van der Waals surface area contributed by atoms with Gasteiger partial charge in [-0.1, -0.05) is 6.07 Å². The quantitative estimate of drug-likeness (QED) is 0.0240. The average Bonchev–Trinajstić information content (AvgIpc) is 3.91. The van der Waals surface area contributed by atoms with Gasteiger partial charge < -0.3 is 36.2 Å². The monoisotopic (exact) mass is 992 g/mol. The minimum absolute atomic E-state index is 0.0658. The summed E-state index contributed by atoms with van der Waals surface area (Å²) in [6.45, 7) is 8.05. The van der Waals surface area contributed by atoms with Gasteiger partial charge in [-0.25, -0.2) is 13.8 Å². The fourth-order valence-corrected chi connectivity index (χ4v) is 9.33. The number of carbonyl (C=O) groups is 4. The third kappa shape index (κ3) is 13.2. The van der Waals surface area contributed by atoms with Crippen LogP contribution in [0.5, 0.6) is 0 Å². The van der Waals surface area contributed by atoms with Crippen LogP contribution in [0.25, 0.3) is 10.9 Å². The molecule has 0 bridgehead atoms. The lowest BCUT2D eigenvalue weighted by Crippen LogP contribution is -2.49. The van der Waals surface area contributed by atoms with Gasteiger partial charge in [0.05, 0.1) is 33.8 Å². The van der Waals surface area contributed by atoms with E-state index in [-0.39, 0.29) is 57.4 Å². The van der Waals surface area contributed by atoms with Crippen molar-refractivity contribution in [2.24, 2.45) is 0 Å². The van der Waals surface area contributed by atoms with Crippen LogP contribution in [0.2, 0.25) is 0 Å². The third-order valence-electron chi connectivity index (χ3n) is 12.1. The fourth-order valence-electron chi connectivity index (χ4n) is 8.55. The second-order valence-electron chi connectivity index (χ2n) is 17.4. The molecule has 4 amide bonds. The van der Waals surface area contributed by atoms with E-state index in [2.05, 4.69) is 56.9 Å². The SMILES string of the molecule is CC(=O)Nc1cc(NCCCCNC(=O)CN2CCN(c3ccc(C(=O)Nc4n[nH]c5ccc(Cc6cc(F)cc(F)c6)cc45)c(NC4CCOCC4)c3)CC2)ccc1C(=O)Nc1nc(C)c([N+](=O)[O-])s1. The number of aromatic nitrogens is 3. The van der Waals surface area contributed by atoms with Crippen molar-refractivity contribution in [3.8, 4) is 0 Å². The van der Waals surface area contributed by atoms with Gasteiger partial charge in [0.15, 0.2) is 10.9 Å². The van der Waals surface area contributed by atoms with Crippen molar-refractivity contribution in [1.29, 1.82) is 0 Å². The molecule has 8 rings (SSSR count). The Balaban J connectivity index is 0.803. The van der Waals surface area contributed by atoms with Crippen molar-refractivity contribution in [2.75, 3.05) is 90.5 Å². The molecule has 0 radical (unpaired) electrons. The molecule has 0 atom stereocenters. The molecule has 0 spiro atoms. The first-order valence-electron chi connectivity index (χ1n) is 23.3. The number of rotatable bonds is 19. The van der Waals surface area contributed by atoms with Crippen LogP contribution in [0.15, 0.2) is 72.8 Å². The molecule has 19 nitrogen and oxygen atoms in total. The van der Waals surface area contributed by atoms with Crippen LogP contribution in [-0.2, 0) is 20.7 Å². The van der Waals surface area contributed by atoms with Gasteiger partial charge in [0.1, 0.15) is 17.3 Å². The lowest BCUT2D eigenvalue weighted by molar-refractivity contribution is -0.380. The average molecular weight is 993 g/mol. The number of halogens is 2. The molecule has 4 aromatic carbocycles. The summed E-state index contributed by atoms with van der Waals surface area (Å²) in [6, 6.07) is 19.7. The van der Waals surface area contributed by atoms with Gasteiger partial charge >= 0.3 is 5.00 Å². The second kappa shape index (κ2) is 22.9. The van der Waals surface area contributed by atoms with E-state index in [9.17, 15) is 38.1 Å². The number of ether oxygens (including phenoxy) is 1. The maximum absolute atomic E-state index is 14.0. The van der Waals surface area contributed by atoms with Gasteiger partial charge in [-0.3, -0.25) is 44.6 Å². The van der Waals surface area contributed by atoms with Crippen molar-refractivity contribution < 1.29 is 37.6 Å². The molecule has 2 aliphatic heterocycles. The maximum Gasteiger partial charge on any atom is 0.348 e. The molecule has 372 valence electrons. The molecule has 0 saturated carbocycles. The number of thiazole rings is 1. The number of amides is 4. The zero-order chi connectivity index (χ0) is 50.0. The number of benzene rings is 4. The van der Waals surface area contributed by atoms with Gasteiger partial charge in [-0.2, -0.15) is 5.10 Å². The van der Waals surface area contributed by atoms with Gasteiger partial charge in [0.25, 0.3) is 11.8 Å². The van der Waals surface area contributed by atoms with Crippen molar-refractivity contribution in [3.63, 3.8) is 0 Å². The zero-order valence-electron chi connectivity index (χ0n) is 39.2. The number of aromatic amines is 1. The summed E-state index contributed by atoms with van der Waals surface area (Å²) in [4.78, 5) is 71.1. The minimum Gasteiger partial charge on any atom is -0.385 e. The smallest absolute Gasteiger partial charge is 0.348 e. The van der Waals surface area contributed by atoms with Crippen LogP contribution in [0.3, 0.4) is 0 Å². The Bertz CT molecular complexity index is 2910. The largest absolute Gasteiger partial charge is 0.385 e. The molecule has 2 aliphatic rings. The number of nitrogens with zero attached hydrogens (tertiary/aromatic N) is 5. The van der Waals surface area contributed by atoms with E-state index in [0.29, 0.717) is 105 Å². The number of H-pyrrole nitrogens is 1. The number of hydrogen-bond donors (Lipinski definition) is 7. The number of aryl methyl sites for hydroxylation is 1. The van der Waals surface area contributed by atoms with E-state index >= 15 is 0 Å². The first-order valence-corrected chi connectivity index (χ1v) is 24.1. The van der Waals surface area contributed by atoms with E-state index < -0.39 is 22.5 Å². The minimum atomic E-state index is -0.646. The molecule has 2 aromatic heterocycles. The van der Waals surface area contributed by atoms with Gasteiger partial charge in [0.2, 0.25) is 11.8 Å². The van der Waals surface area contributed by atoms with E-state index in [0.717, 1.165) is 47.9 Å². The van der Waals surface area contributed by atoms with E-state index in [1.807, 2.05) is 36.4 Å². The number of nitro groups is 1. The van der Waals surface area contributed by atoms with Crippen molar-refractivity contribution in [1.82, 2.24) is 25.4 Å². The topological polar surface area (TPSA) is 241 Å². The Hall–Kier alpha value is -7.56. The molecule has 71 heavy (non-hydrogen) atoms. The lowest BCUT2D eigenvalue weighted by atomic mass is 10.0. The number of carbonyl (C=O) groups excluding carboxylic acids is 4. The maximum atomic E-state index is 14.0. The highest BCUT2D eigenvalue weighted by Gasteiger charge is 2.25. The number of fused-ring (bicyclic) bond motifs is 1. The predicted molar refractivity (Wildman–Crippen MR) is 269 cm³/mol. The molecule has 2 saturated heterocycles. The lowest BCUT2D eigenvalue weighted by Gasteiger charge is -2.36. The molecule has 4 heterocycles. The molecule has 7 N–H and O–H groups in total. The normalized spacial score (nSPS) is 14.2. The first-order chi connectivity index (χ1) is 34.2. The number of piperazine rings is 1. The van der Waals surface area contributed by atoms with E-state index in [1.54, 1.807) is 18.2 Å². The number of anilines is 6. The molecule has 22 heteroatoms. The van der Waals surface area contributed by atoms with Crippen LogP contribution < -0.4 is 36.8 Å².